The predicted molar refractivity (Wildman–Crippen MR) is 125 cm³/mol. The van der Waals surface area contributed by atoms with Gasteiger partial charge < -0.3 is 29.0 Å². The number of carbonyl (C=O) groups excluding carboxylic acids is 3. The van der Waals surface area contributed by atoms with E-state index in [-0.39, 0.29) is 25.5 Å². The highest BCUT2D eigenvalue weighted by atomic mass is 16.5. The van der Waals surface area contributed by atoms with Gasteiger partial charge in [-0.05, 0) is 36.4 Å². The van der Waals surface area contributed by atoms with Crippen LogP contribution < -0.4 is 19.7 Å². The van der Waals surface area contributed by atoms with Crippen LogP contribution >= 0.6 is 0 Å². The lowest BCUT2D eigenvalue weighted by atomic mass is 10.1. The molecule has 1 aliphatic heterocycles. The van der Waals surface area contributed by atoms with Gasteiger partial charge in [0.15, 0.2) is 6.10 Å². The van der Waals surface area contributed by atoms with Crippen molar-refractivity contribution >= 4 is 29.1 Å². The third-order valence-corrected chi connectivity index (χ3v) is 5.38. The molecular formula is C25H25N3O6. The number of ether oxygens (including phenoxy) is 2. The van der Waals surface area contributed by atoms with Gasteiger partial charge in [-0.1, -0.05) is 24.3 Å². The van der Waals surface area contributed by atoms with Gasteiger partial charge in [-0.3, -0.25) is 14.4 Å². The molecule has 0 bridgehead atoms. The third kappa shape index (κ3) is 5.03. The van der Waals surface area contributed by atoms with Crippen LogP contribution in [-0.4, -0.2) is 48.9 Å². The minimum atomic E-state index is -0.979. The number of rotatable bonds is 7. The average Bonchev–Trinajstić information content (AvgIpc) is 3.36. The molecule has 0 saturated heterocycles. The molecule has 2 heterocycles. The van der Waals surface area contributed by atoms with Crippen molar-refractivity contribution in [3.05, 3.63) is 72.7 Å². The van der Waals surface area contributed by atoms with Gasteiger partial charge in [0, 0.05) is 6.92 Å². The molecule has 0 spiro atoms. The van der Waals surface area contributed by atoms with Gasteiger partial charge >= 0.3 is 0 Å². The highest BCUT2D eigenvalue weighted by Crippen LogP contribution is 2.33. The minimum absolute atomic E-state index is 0.0357. The molecule has 0 radical (unpaired) electrons. The zero-order valence-corrected chi connectivity index (χ0v) is 18.9. The van der Waals surface area contributed by atoms with Crippen LogP contribution in [-0.2, 0) is 20.9 Å². The van der Waals surface area contributed by atoms with Crippen molar-refractivity contribution in [2.24, 2.45) is 0 Å². The van der Waals surface area contributed by atoms with Gasteiger partial charge in [-0.2, -0.15) is 0 Å². The van der Waals surface area contributed by atoms with E-state index in [9.17, 15) is 14.4 Å². The van der Waals surface area contributed by atoms with Gasteiger partial charge in [-0.15, -0.1) is 0 Å². The maximum Gasteiger partial charge on any atom is 0.266 e. The summed E-state index contributed by atoms with van der Waals surface area (Å²) < 4.78 is 16.6. The van der Waals surface area contributed by atoms with Crippen molar-refractivity contribution in [2.45, 2.75) is 19.6 Å². The molecule has 0 aliphatic carbocycles. The Bertz CT molecular complexity index is 1180. The number of nitrogens with one attached hydrogen (secondary N) is 1. The Morgan fingerprint density at radius 3 is 2.59 bits per heavy atom. The number of furan rings is 1. The van der Waals surface area contributed by atoms with Crippen LogP contribution in [0.4, 0.5) is 11.4 Å². The Morgan fingerprint density at radius 2 is 1.85 bits per heavy atom. The molecule has 3 aromatic rings. The zero-order chi connectivity index (χ0) is 24.1. The molecule has 2 aromatic carbocycles. The first-order chi connectivity index (χ1) is 16.5. The maximum atomic E-state index is 13.5. The van der Waals surface area contributed by atoms with Gasteiger partial charge in [0.1, 0.15) is 23.8 Å². The molecule has 1 aliphatic rings. The van der Waals surface area contributed by atoms with E-state index < -0.39 is 17.9 Å². The molecule has 9 heteroatoms. The Kier molecular flexibility index (Phi) is 6.82. The number of fused-ring (bicyclic) bond motifs is 1. The fourth-order valence-electron chi connectivity index (χ4n) is 3.78. The Labute approximate surface area is 196 Å². The molecule has 34 heavy (non-hydrogen) atoms. The van der Waals surface area contributed by atoms with Crippen LogP contribution in [0.3, 0.4) is 0 Å². The standard InChI is InChI=1S/C25H25N3O6/c1-17(29)28-15-23(34-22-12-6-4-10-20(22)28)25(31)27(14-18-8-7-13-33-18)16-24(30)26-19-9-3-5-11-21(19)32-2/h3-13,23H,14-16H2,1-2H3,(H,26,30)/t23-/m0/s1. The maximum absolute atomic E-state index is 13.5. The second kappa shape index (κ2) is 10.1. The average molecular weight is 463 g/mol. The highest BCUT2D eigenvalue weighted by Gasteiger charge is 2.36. The number of hydrogen-bond donors (Lipinski definition) is 1. The highest BCUT2D eigenvalue weighted by molar-refractivity contribution is 5.98. The van der Waals surface area contributed by atoms with E-state index in [4.69, 9.17) is 13.9 Å². The summed E-state index contributed by atoms with van der Waals surface area (Å²) in [6.45, 7) is 1.28. The molecule has 4 rings (SSSR count). The van der Waals surface area contributed by atoms with E-state index in [0.29, 0.717) is 28.6 Å². The van der Waals surface area contributed by atoms with E-state index in [1.165, 1.54) is 30.1 Å². The van der Waals surface area contributed by atoms with Crippen molar-refractivity contribution in [1.82, 2.24) is 4.90 Å². The lowest BCUT2D eigenvalue weighted by molar-refractivity contribution is -0.142. The number of amides is 3. The number of para-hydroxylation sites is 4. The molecule has 0 fully saturated rings. The van der Waals surface area contributed by atoms with Crippen LogP contribution in [0.5, 0.6) is 11.5 Å². The van der Waals surface area contributed by atoms with Crippen LogP contribution in [0.2, 0.25) is 0 Å². The minimum Gasteiger partial charge on any atom is -0.495 e. The summed E-state index contributed by atoms with van der Waals surface area (Å²) in [5.74, 6) is 0.386. The van der Waals surface area contributed by atoms with E-state index in [2.05, 4.69) is 5.32 Å². The number of anilines is 2. The molecule has 9 nitrogen and oxygen atoms in total. The molecule has 1 atom stereocenters. The summed E-state index contributed by atoms with van der Waals surface area (Å²) in [6.07, 6.45) is 0.519. The van der Waals surface area contributed by atoms with Crippen molar-refractivity contribution in [1.29, 1.82) is 0 Å². The van der Waals surface area contributed by atoms with Crippen LogP contribution in [0.1, 0.15) is 12.7 Å². The molecular weight excluding hydrogens is 438 g/mol. The molecule has 1 aromatic heterocycles. The lowest BCUT2D eigenvalue weighted by Gasteiger charge is -2.35. The van der Waals surface area contributed by atoms with Gasteiger partial charge in [-0.25, -0.2) is 0 Å². The van der Waals surface area contributed by atoms with E-state index >= 15 is 0 Å². The number of hydrogen-bond acceptors (Lipinski definition) is 6. The molecule has 3 amide bonds. The first kappa shape index (κ1) is 22.9. The zero-order valence-electron chi connectivity index (χ0n) is 18.9. The van der Waals surface area contributed by atoms with E-state index in [1.54, 1.807) is 60.7 Å². The quantitative estimate of drug-likeness (QED) is 0.578. The Balaban J connectivity index is 1.55. The van der Waals surface area contributed by atoms with Crippen molar-refractivity contribution in [2.75, 3.05) is 30.4 Å². The second-order valence-corrected chi connectivity index (χ2v) is 7.73. The lowest BCUT2D eigenvalue weighted by Crippen LogP contribution is -2.52. The van der Waals surface area contributed by atoms with Crippen LogP contribution in [0.15, 0.2) is 71.3 Å². The number of methoxy groups -OCH3 is 1. The summed E-state index contributed by atoms with van der Waals surface area (Å²) in [4.78, 5) is 41.5. The molecule has 1 N–H and O–H groups in total. The fourth-order valence-corrected chi connectivity index (χ4v) is 3.78. The Hall–Kier alpha value is -4.27. The third-order valence-electron chi connectivity index (χ3n) is 5.38. The van der Waals surface area contributed by atoms with E-state index in [1.807, 2.05) is 0 Å². The van der Waals surface area contributed by atoms with Crippen molar-refractivity contribution in [3.63, 3.8) is 0 Å². The SMILES string of the molecule is COc1ccccc1NC(=O)CN(Cc1ccco1)C(=O)[C@@H]1CN(C(C)=O)c2ccccc2O1. The van der Waals surface area contributed by atoms with Crippen LogP contribution in [0.25, 0.3) is 0 Å². The fraction of sp³-hybridized carbons (Fsp3) is 0.240. The van der Waals surface area contributed by atoms with Gasteiger partial charge in [0.05, 0.1) is 37.8 Å². The van der Waals surface area contributed by atoms with E-state index in [0.717, 1.165) is 0 Å². The van der Waals surface area contributed by atoms with Gasteiger partial charge in [0.2, 0.25) is 11.8 Å². The summed E-state index contributed by atoms with van der Waals surface area (Å²) in [6, 6.07) is 17.5. The summed E-state index contributed by atoms with van der Waals surface area (Å²) in [5, 5.41) is 2.78. The number of benzene rings is 2. The summed E-state index contributed by atoms with van der Waals surface area (Å²) in [5.41, 5.74) is 1.09. The Morgan fingerprint density at radius 1 is 1.09 bits per heavy atom. The topological polar surface area (TPSA) is 101 Å². The number of nitrogens with zero attached hydrogens (tertiary/aromatic N) is 2. The predicted octanol–water partition coefficient (Wildman–Crippen LogP) is 3.07. The summed E-state index contributed by atoms with van der Waals surface area (Å²) in [7, 11) is 1.51. The molecule has 0 saturated carbocycles. The summed E-state index contributed by atoms with van der Waals surface area (Å²) >= 11 is 0. The van der Waals surface area contributed by atoms with Crippen molar-refractivity contribution in [3.8, 4) is 11.5 Å². The number of carbonyl (C=O) groups is 3. The second-order valence-electron chi connectivity index (χ2n) is 7.73. The van der Waals surface area contributed by atoms with Crippen LogP contribution in [0, 0.1) is 0 Å². The normalized spacial score (nSPS) is 14.5. The van der Waals surface area contributed by atoms with Crippen molar-refractivity contribution < 1.29 is 28.3 Å². The largest absolute Gasteiger partial charge is 0.495 e. The first-order valence-corrected chi connectivity index (χ1v) is 10.7. The monoisotopic (exact) mass is 463 g/mol. The smallest absolute Gasteiger partial charge is 0.266 e. The first-order valence-electron chi connectivity index (χ1n) is 10.7. The molecule has 176 valence electrons. The molecule has 0 unspecified atom stereocenters. The van der Waals surface area contributed by atoms with Gasteiger partial charge in [0.25, 0.3) is 5.91 Å².